The number of aryl methyl sites for hydroxylation is 1. The molecule has 0 radical (unpaired) electrons. The highest BCUT2D eigenvalue weighted by Crippen LogP contribution is 2.24. The SMILES string of the molecule is CCN(CC)c1ccc(Nc2nccc(NCCc3ccc(F)cc3)n2)c(C)c1. The zero-order valence-electron chi connectivity index (χ0n) is 17.2. The van der Waals surface area contributed by atoms with Gasteiger partial charge in [-0.3, -0.25) is 0 Å². The normalized spacial score (nSPS) is 10.6. The molecule has 1 heterocycles. The maximum absolute atomic E-state index is 13.0. The van der Waals surface area contributed by atoms with E-state index in [2.05, 4.69) is 64.5 Å². The minimum atomic E-state index is -0.214. The number of anilines is 4. The molecule has 3 aromatic rings. The molecule has 3 rings (SSSR count). The molecule has 0 aliphatic rings. The third-order valence-electron chi connectivity index (χ3n) is 4.87. The van der Waals surface area contributed by atoms with Gasteiger partial charge in [0.05, 0.1) is 0 Å². The fraction of sp³-hybridized carbons (Fsp3) is 0.304. The Morgan fingerprint density at radius 2 is 1.76 bits per heavy atom. The summed E-state index contributed by atoms with van der Waals surface area (Å²) < 4.78 is 13.0. The molecule has 5 nitrogen and oxygen atoms in total. The van der Waals surface area contributed by atoms with E-state index in [4.69, 9.17) is 0 Å². The van der Waals surface area contributed by atoms with Crippen LogP contribution in [0.15, 0.2) is 54.7 Å². The van der Waals surface area contributed by atoms with Gasteiger partial charge in [-0.2, -0.15) is 4.98 Å². The first-order chi connectivity index (χ1) is 14.1. The summed E-state index contributed by atoms with van der Waals surface area (Å²) in [5, 5.41) is 6.60. The number of nitrogens with zero attached hydrogens (tertiary/aromatic N) is 3. The standard InChI is InChI=1S/C23H28FN5/c1-4-29(5-2)20-10-11-21(17(3)16-20)27-23-26-15-13-22(28-23)25-14-12-18-6-8-19(24)9-7-18/h6-11,13,15-16H,4-5,12,14H2,1-3H3,(H2,25,26,27,28). The van der Waals surface area contributed by atoms with Crippen molar-refractivity contribution in [1.82, 2.24) is 9.97 Å². The first-order valence-electron chi connectivity index (χ1n) is 10.0. The van der Waals surface area contributed by atoms with Gasteiger partial charge in [-0.15, -0.1) is 0 Å². The molecule has 0 aliphatic carbocycles. The lowest BCUT2D eigenvalue weighted by atomic mass is 10.1. The highest BCUT2D eigenvalue weighted by molar-refractivity contribution is 5.64. The number of rotatable bonds is 9. The van der Waals surface area contributed by atoms with Crippen LogP contribution in [0.25, 0.3) is 0 Å². The molecular formula is C23H28FN5. The Bertz CT molecular complexity index is 923. The number of hydrogen-bond donors (Lipinski definition) is 2. The van der Waals surface area contributed by atoms with E-state index in [9.17, 15) is 4.39 Å². The lowest BCUT2D eigenvalue weighted by Crippen LogP contribution is -2.21. The van der Waals surface area contributed by atoms with E-state index in [0.717, 1.165) is 42.1 Å². The molecule has 0 aliphatic heterocycles. The number of aromatic nitrogens is 2. The summed E-state index contributed by atoms with van der Waals surface area (Å²) in [4.78, 5) is 11.2. The van der Waals surface area contributed by atoms with Gasteiger partial charge in [0.2, 0.25) is 5.95 Å². The molecule has 0 saturated carbocycles. The quantitative estimate of drug-likeness (QED) is 0.525. The molecule has 0 bridgehead atoms. The second-order valence-corrected chi connectivity index (χ2v) is 6.87. The Morgan fingerprint density at radius 3 is 2.45 bits per heavy atom. The summed E-state index contributed by atoms with van der Waals surface area (Å²) in [5.41, 5.74) is 4.43. The molecule has 0 fully saturated rings. The van der Waals surface area contributed by atoms with Crippen molar-refractivity contribution in [2.45, 2.75) is 27.2 Å². The van der Waals surface area contributed by atoms with Gasteiger partial charge in [0.15, 0.2) is 0 Å². The Balaban J connectivity index is 1.61. The summed E-state index contributed by atoms with van der Waals surface area (Å²) >= 11 is 0. The van der Waals surface area contributed by atoms with Gasteiger partial charge in [0.1, 0.15) is 11.6 Å². The highest BCUT2D eigenvalue weighted by Gasteiger charge is 2.07. The van der Waals surface area contributed by atoms with Crippen LogP contribution in [0.5, 0.6) is 0 Å². The molecule has 0 unspecified atom stereocenters. The molecule has 0 atom stereocenters. The van der Waals surface area contributed by atoms with Gasteiger partial charge < -0.3 is 15.5 Å². The van der Waals surface area contributed by atoms with Crippen LogP contribution in [0, 0.1) is 12.7 Å². The van der Waals surface area contributed by atoms with E-state index < -0.39 is 0 Å². The molecule has 0 saturated heterocycles. The van der Waals surface area contributed by atoms with Crippen LogP contribution in [0.1, 0.15) is 25.0 Å². The summed E-state index contributed by atoms with van der Waals surface area (Å²) in [5.74, 6) is 1.09. The van der Waals surface area contributed by atoms with Crippen LogP contribution in [-0.4, -0.2) is 29.6 Å². The van der Waals surface area contributed by atoms with E-state index in [-0.39, 0.29) is 5.82 Å². The molecule has 0 amide bonds. The zero-order valence-corrected chi connectivity index (χ0v) is 17.2. The summed E-state index contributed by atoms with van der Waals surface area (Å²) in [6, 6.07) is 14.8. The van der Waals surface area contributed by atoms with Crippen molar-refractivity contribution >= 4 is 23.1 Å². The largest absolute Gasteiger partial charge is 0.372 e. The van der Waals surface area contributed by atoms with Crippen molar-refractivity contribution in [3.05, 3.63) is 71.7 Å². The third-order valence-corrected chi connectivity index (χ3v) is 4.87. The molecule has 6 heteroatoms. The van der Waals surface area contributed by atoms with Crippen molar-refractivity contribution in [3.8, 4) is 0 Å². The molecule has 2 N–H and O–H groups in total. The average molecular weight is 394 g/mol. The van der Waals surface area contributed by atoms with Gasteiger partial charge in [-0.1, -0.05) is 12.1 Å². The van der Waals surface area contributed by atoms with Crippen molar-refractivity contribution in [2.24, 2.45) is 0 Å². The first-order valence-corrected chi connectivity index (χ1v) is 10.0. The topological polar surface area (TPSA) is 53.1 Å². The second-order valence-electron chi connectivity index (χ2n) is 6.87. The van der Waals surface area contributed by atoms with Crippen molar-refractivity contribution in [3.63, 3.8) is 0 Å². The molecule has 1 aromatic heterocycles. The van der Waals surface area contributed by atoms with E-state index >= 15 is 0 Å². The molecule has 152 valence electrons. The molecule has 29 heavy (non-hydrogen) atoms. The first kappa shape index (κ1) is 20.6. The van der Waals surface area contributed by atoms with Crippen molar-refractivity contribution in [2.75, 3.05) is 35.2 Å². The number of nitrogens with one attached hydrogen (secondary N) is 2. The fourth-order valence-electron chi connectivity index (χ4n) is 3.20. The van der Waals surface area contributed by atoms with E-state index in [1.165, 1.54) is 17.8 Å². The Hall–Kier alpha value is -3.15. The summed E-state index contributed by atoms with van der Waals surface area (Å²) in [6.07, 6.45) is 2.52. The van der Waals surface area contributed by atoms with Crippen LogP contribution >= 0.6 is 0 Å². The zero-order chi connectivity index (χ0) is 20.6. The number of benzene rings is 2. The summed E-state index contributed by atoms with van der Waals surface area (Å²) in [6.45, 7) is 9.08. The van der Waals surface area contributed by atoms with Crippen molar-refractivity contribution < 1.29 is 4.39 Å². The van der Waals surface area contributed by atoms with E-state index in [1.54, 1.807) is 18.3 Å². The Labute approximate surface area is 172 Å². The van der Waals surface area contributed by atoms with Gasteiger partial charge >= 0.3 is 0 Å². The predicted molar refractivity (Wildman–Crippen MR) is 119 cm³/mol. The van der Waals surface area contributed by atoms with Crippen LogP contribution in [0.2, 0.25) is 0 Å². The molecule has 2 aromatic carbocycles. The predicted octanol–water partition coefficient (Wildman–Crippen LogP) is 5.17. The lowest BCUT2D eigenvalue weighted by molar-refractivity contribution is 0.627. The maximum atomic E-state index is 13.0. The van der Waals surface area contributed by atoms with Crippen LogP contribution in [0.4, 0.5) is 27.5 Å². The average Bonchev–Trinajstić information content (AvgIpc) is 2.73. The Morgan fingerprint density at radius 1 is 1.00 bits per heavy atom. The van der Waals surface area contributed by atoms with Crippen molar-refractivity contribution in [1.29, 1.82) is 0 Å². The fourth-order valence-corrected chi connectivity index (χ4v) is 3.20. The van der Waals surface area contributed by atoms with Gasteiger partial charge in [0.25, 0.3) is 0 Å². The van der Waals surface area contributed by atoms with Crippen LogP contribution < -0.4 is 15.5 Å². The van der Waals surface area contributed by atoms with E-state index in [1.807, 2.05) is 6.07 Å². The minimum Gasteiger partial charge on any atom is -0.372 e. The Kier molecular flexibility index (Phi) is 7.00. The number of halogens is 1. The van der Waals surface area contributed by atoms with Crippen LogP contribution in [-0.2, 0) is 6.42 Å². The second kappa shape index (κ2) is 9.87. The highest BCUT2D eigenvalue weighted by atomic mass is 19.1. The molecule has 0 spiro atoms. The third kappa shape index (κ3) is 5.67. The van der Waals surface area contributed by atoms with Gasteiger partial charge in [-0.05, 0) is 74.7 Å². The maximum Gasteiger partial charge on any atom is 0.229 e. The van der Waals surface area contributed by atoms with Gasteiger partial charge in [0, 0.05) is 37.2 Å². The smallest absolute Gasteiger partial charge is 0.229 e. The van der Waals surface area contributed by atoms with E-state index in [0.29, 0.717) is 12.5 Å². The van der Waals surface area contributed by atoms with Gasteiger partial charge in [-0.25, -0.2) is 9.37 Å². The molecular weight excluding hydrogens is 365 g/mol. The summed E-state index contributed by atoms with van der Waals surface area (Å²) in [7, 11) is 0. The minimum absolute atomic E-state index is 0.214. The monoisotopic (exact) mass is 393 g/mol. The van der Waals surface area contributed by atoms with Crippen LogP contribution in [0.3, 0.4) is 0 Å². The lowest BCUT2D eigenvalue weighted by Gasteiger charge is -2.22. The number of hydrogen-bond acceptors (Lipinski definition) is 5.